The molecule has 2 aromatic rings. The molecule has 1 fully saturated rings. The Kier molecular flexibility index (Phi) is 6.42. The van der Waals surface area contributed by atoms with Crippen LogP contribution in [0.25, 0.3) is 11.0 Å². The summed E-state index contributed by atoms with van der Waals surface area (Å²) in [6.07, 6.45) is 7.53. The van der Waals surface area contributed by atoms with Crippen LogP contribution in [-0.4, -0.2) is 56.7 Å². The Morgan fingerprint density at radius 1 is 1.17 bits per heavy atom. The van der Waals surface area contributed by atoms with Gasteiger partial charge in [0.1, 0.15) is 24.2 Å². The second-order valence-corrected chi connectivity index (χ2v) is 8.00. The van der Waals surface area contributed by atoms with Crippen LogP contribution in [-0.2, 0) is 4.74 Å². The molecule has 6 nitrogen and oxygen atoms in total. The lowest BCUT2D eigenvalue weighted by Crippen LogP contribution is -3.14. The molecule has 1 saturated heterocycles. The van der Waals surface area contributed by atoms with Gasteiger partial charge in [-0.2, -0.15) is 0 Å². The second kappa shape index (κ2) is 9.37. The molecule has 1 aromatic carbocycles. The van der Waals surface area contributed by atoms with Crippen LogP contribution in [0.3, 0.4) is 0 Å². The zero-order valence-corrected chi connectivity index (χ0v) is 16.8. The Morgan fingerprint density at radius 3 is 2.79 bits per heavy atom. The lowest BCUT2D eigenvalue weighted by Gasteiger charge is -2.30. The number of amides is 1. The minimum Gasteiger partial charge on any atom is -0.422 e. The maximum Gasteiger partial charge on any atom is 0.349 e. The van der Waals surface area contributed by atoms with E-state index in [9.17, 15) is 9.59 Å². The first-order chi connectivity index (χ1) is 14.2. The first-order valence-electron chi connectivity index (χ1n) is 10.6. The van der Waals surface area contributed by atoms with E-state index >= 15 is 0 Å². The van der Waals surface area contributed by atoms with Gasteiger partial charge in [-0.15, -0.1) is 0 Å². The van der Waals surface area contributed by atoms with E-state index in [2.05, 4.69) is 12.2 Å². The molecular formula is C23H29N2O4+. The highest BCUT2D eigenvalue weighted by Gasteiger charge is 2.25. The zero-order chi connectivity index (χ0) is 20.1. The van der Waals surface area contributed by atoms with Gasteiger partial charge in [0.15, 0.2) is 0 Å². The average molecular weight is 397 g/mol. The number of ether oxygens (including phenoxy) is 1. The van der Waals surface area contributed by atoms with Gasteiger partial charge in [-0.05, 0) is 37.3 Å². The van der Waals surface area contributed by atoms with Crippen molar-refractivity contribution in [3.05, 3.63) is 58.5 Å². The molecule has 0 radical (unpaired) electrons. The summed E-state index contributed by atoms with van der Waals surface area (Å²) >= 11 is 0. The summed E-state index contributed by atoms with van der Waals surface area (Å²) in [6, 6.07) is 8.99. The summed E-state index contributed by atoms with van der Waals surface area (Å²) in [7, 11) is 0. The van der Waals surface area contributed by atoms with E-state index in [1.165, 1.54) is 4.90 Å². The second-order valence-electron chi connectivity index (χ2n) is 8.00. The molecule has 1 atom stereocenters. The van der Waals surface area contributed by atoms with Crippen molar-refractivity contribution in [1.82, 2.24) is 4.90 Å². The summed E-state index contributed by atoms with van der Waals surface area (Å²) < 4.78 is 10.9. The fourth-order valence-corrected chi connectivity index (χ4v) is 4.19. The number of morpholine rings is 1. The summed E-state index contributed by atoms with van der Waals surface area (Å²) in [6.45, 7) is 5.66. The van der Waals surface area contributed by atoms with Gasteiger partial charge in [-0.25, -0.2) is 4.79 Å². The monoisotopic (exact) mass is 397 g/mol. The summed E-state index contributed by atoms with van der Waals surface area (Å²) in [5.41, 5.74) is 0.0868. The highest BCUT2D eigenvalue weighted by Crippen LogP contribution is 2.20. The molecule has 0 saturated carbocycles. The van der Waals surface area contributed by atoms with Gasteiger partial charge in [0.25, 0.3) is 5.91 Å². The highest BCUT2D eigenvalue weighted by atomic mass is 16.5. The van der Waals surface area contributed by atoms with E-state index in [0.29, 0.717) is 24.6 Å². The fraction of sp³-hybridized carbons (Fsp3) is 0.478. The number of hydrogen-bond acceptors (Lipinski definition) is 4. The number of nitrogens with zero attached hydrogens (tertiary/aromatic N) is 1. The standard InChI is InChI=1S/C23H28N2O4/c26-22(20-16-19-8-4-5-9-21(19)29-23(20)27)25(17-18-6-2-1-3-7-18)11-10-24-12-14-28-15-13-24/h1-2,4-5,8-9,16,18H,3,6-7,10-15,17H2/p+1/t18-/m1/s1. The van der Waals surface area contributed by atoms with E-state index in [0.717, 1.165) is 57.5 Å². The Labute approximate surface area is 170 Å². The SMILES string of the molecule is O=C(c1cc2ccccc2oc1=O)N(CC[NH+]1CCOCC1)C[C@@H]1CC=CCC1. The number of nitrogens with one attached hydrogen (secondary N) is 1. The van der Waals surface area contributed by atoms with Crippen LogP contribution < -0.4 is 10.5 Å². The van der Waals surface area contributed by atoms with Crippen LogP contribution >= 0.6 is 0 Å². The van der Waals surface area contributed by atoms with Crippen molar-refractivity contribution in [2.45, 2.75) is 19.3 Å². The molecule has 4 rings (SSSR count). The average Bonchev–Trinajstić information content (AvgIpc) is 2.77. The Balaban J connectivity index is 1.54. The first-order valence-corrected chi connectivity index (χ1v) is 10.6. The normalized spacial score (nSPS) is 20.1. The molecule has 1 aliphatic heterocycles. The molecule has 0 unspecified atom stereocenters. The molecule has 0 bridgehead atoms. The molecule has 6 heteroatoms. The van der Waals surface area contributed by atoms with Crippen LogP contribution in [0.2, 0.25) is 0 Å². The number of carbonyl (C=O) groups excluding carboxylic acids is 1. The fourth-order valence-electron chi connectivity index (χ4n) is 4.19. The summed E-state index contributed by atoms with van der Waals surface area (Å²) in [4.78, 5) is 29.2. The number of quaternary nitrogens is 1. The third-order valence-corrected chi connectivity index (χ3v) is 5.95. The van der Waals surface area contributed by atoms with Gasteiger partial charge < -0.3 is 19.0 Å². The van der Waals surface area contributed by atoms with E-state index < -0.39 is 5.63 Å². The molecule has 1 N–H and O–H groups in total. The van der Waals surface area contributed by atoms with Crippen molar-refractivity contribution in [1.29, 1.82) is 0 Å². The van der Waals surface area contributed by atoms with Gasteiger partial charge in [-0.3, -0.25) is 4.79 Å². The zero-order valence-electron chi connectivity index (χ0n) is 16.8. The number of allylic oxidation sites excluding steroid dienone is 2. The van der Waals surface area contributed by atoms with Crippen molar-refractivity contribution in [2.24, 2.45) is 5.92 Å². The number of fused-ring (bicyclic) bond motifs is 1. The largest absolute Gasteiger partial charge is 0.422 e. The number of benzene rings is 1. The van der Waals surface area contributed by atoms with Crippen LogP contribution in [0.5, 0.6) is 0 Å². The predicted octanol–water partition coefficient (Wildman–Crippen LogP) is 1.51. The van der Waals surface area contributed by atoms with Gasteiger partial charge in [-0.1, -0.05) is 30.4 Å². The van der Waals surface area contributed by atoms with Crippen molar-refractivity contribution >= 4 is 16.9 Å². The van der Waals surface area contributed by atoms with Crippen LogP contribution in [0.4, 0.5) is 0 Å². The van der Waals surface area contributed by atoms with Crippen molar-refractivity contribution in [2.75, 3.05) is 45.9 Å². The van der Waals surface area contributed by atoms with Crippen molar-refractivity contribution in [3.63, 3.8) is 0 Å². The van der Waals surface area contributed by atoms with E-state index in [4.69, 9.17) is 9.15 Å². The number of hydrogen-bond donors (Lipinski definition) is 1. The van der Waals surface area contributed by atoms with Gasteiger partial charge >= 0.3 is 5.63 Å². The van der Waals surface area contributed by atoms with Gasteiger partial charge in [0, 0.05) is 11.9 Å². The minimum atomic E-state index is -0.555. The molecule has 29 heavy (non-hydrogen) atoms. The first kappa shape index (κ1) is 19.9. The quantitative estimate of drug-likeness (QED) is 0.593. The highest BCUT2D eigenvalue weighted by molar-refractivity contribution is 5.96. The lowest BCUT2D eigenvalue weighted by atomic mass is 9.93. The maximum atomic E-state index is 13.4. The number of para-hydroxylation sites is 1. The van der Waals surface area contributed by atoms with Crippen LogP contribution in [0.1, 0.15) is 29.6 Å². The summed E-state index contributed by atoms with van der Waals surface area (Å²) in [5.74, 6) is 0.225. The third-order valence-electron chi connectivity index (χ3n) is 5.95. The Hall–Kier alpha value is -2.44. The van der Waals surface area contributed by atoms with E-state index in [1.807, 2.05) is 23.1 Å². The molecule has 1 aliphatic carbocycles. The van der Waals surface area contributed by atoms with E-state index in [-0.39, 0.29) is 11.5 Å². The molecule has 1 amide bonds. The Bertz CT molecular complexity index is 930. The molecule has 1 aromatic heterocycles. The van der Waals surface area contributed by atoms with Crippen LogP contribution in [0, 0.1) is 5.92 Å². The lowest BCUT2D eigenvalue weighted by molar-refractivity contribution is -0.907. The number of carbonyl (C=O) groups is 1. The van der Waals surface area contributed by atoms with Gasteiger partial charge in [0.2, 0.25) is 0 Å². The van der Waals surface area contributed by atoms with Crippen molar-refractivity contribution in [3.8, 4) is 0 Å². The smallest absolute Gasteiger partial charge is 0.349 e. The third kappa shape index (κ3) is 4.95. The molecular weight excluding hydrogens is 368 g/mol. The molecule has 0 spiro atoms. The molecule has 154 valence electrons. The summed E-state index contributed by atoms with van der Waals surface area (Å²) in [5, 5.41) is 0.773. The Morgan fingerprint density at radius 2 is 2.00 bits per heavy atom. The minimum absolute atomic E-state index is 0.132. The van der Waals surface area contributed by atoms with Gasteiger partial charge in [0.05, 0.1) is 26.3 Å². The van der Waals surface area contributed by atoms with Crippen LogP contribution in [0.15, 0.2) is 51.7 Å². The molecule has 2 aliphatic rings. The van der Waals surface area contributed by atoms with Crippen molar-refractivity contribution < 1.29 is 18.8 Å². The molecule has 2 heterocycles. The predicted molar refractivity (Wildman–Crippen MR) is 111 cm³/mol. The number of rotatable bonds is 6. The topological polar surface area (TPSA) is 64.2 Å². The van der Waals surface area contributed by atoms with E-state index in [1.54, 1.807) is 12.1 Å². The maximum absolute atomic E-state index is 13.4.